The van der Waals surface area contributed by atoms with Crippen molar-refractivity contribution in [1.82, 2.24) is 15.5 Å². The van der Waals surface area contributed by atoms with Crippen molar-refractivity contribution in [2.24, 2.45) is 4.99 Å². The zero-order valence-corrected chi connectivity index (χ0v) is 15.3. The van der Waals surface area contributed by atoms with E-state index in [4.69, 9.17) is 4.99 Å². The maximum absolute atomic E-state index is 13.0. The maximum Gasteiger partial charge on any atom is 0.191 e. The van der Waals surface area contributed by atoms with Gasteiger partial charge in [0.15, 0.2) is 5.96 Å². The van der Waals surface area contributed by atoms with Crippen LogP contribution in [-0.4, -0.2) is 49.1 Å². The zero-order chi connectivity index (χ0) is 17.5. The largest absolute Gasteiger partial charge is 0.357 e. The predicted molar refractivity (Wildman–Crippen MR) is 101 cm³/mol. The first-order valence-electron chi connectivity index (χ1n) is 9.78. The van der Waals surface area contributed by atoms with E-state index >= 15 is 0 Å². The second-order valence-corrected chi connectivity index (χ2v) is 7.20. The van der Waals surface area contributed by atoms with Crippen LogP contribution in [-0.2, 0) is 6.42 Å². The second-order valence-electron chi connectivity index (χ2n) is 7.20. The molecular weight excluding hydrogens is 315 g/mol. The molecule has 2 aliphatic rings. The van der Waals surface area contributed by atoms with Crippen molar-refractivity contribution in [2.45, 2.75) is 57.5 Å². The molecule has 1 aliphatic carbocycles. The first-order chi connectivity index (χ1) is 12.2. The summed E-state index contributed by atoms with van der Waals surface area (Å²) in [6.07, 6.45) is 7.56. The molecule has 1 saturated heterocycles. The first-order valence-corrected chi connectivity index (χ1v) is 9.78. The lowest BCUT2D eigenvalue weighted by Crippen LogP contribution is -2.45. The van der Waals surface area contributed by atoms with Crippen molar-refractivity contribution in [2.75, 3.05) is 26.2 Å². The smallest absolute Gasteiger partial charge is 0.191 e. The highest BCUT2D eigenvalue weighted by Crippen LogP contribution is 2.26. The van der Waals surface area contributed by atoms with Crippen molar-refractivity contribution < 1.29 is 4.39 Å². The van der Waals surface area contributed by atoms with E-state index in [1.165, 1.54) is 50.8 Å². The van der Waals surface area contributed by atoms with Crippen LogP contribution in [0.4, 0.5) is 4.39 Å². The Bertz CT molecular complexity index is 551. The topological polar surface area (TPSA) is 39.7 Å². The Morgan fingerprint density at radius 3 is 2.68 bits per heavy atom. The van der Waals surface area contributed by atoms with Crippen LogP contribution in [0.25, 0.3) is 0 Å². The lowest BCUT2D eigenvalue weighted by atomic mass is 10.1. The van der Waals surface area contributed by atoms with Crippen LogP contribution in [0.15, 0.2) is 29.3 Å². The average Bonchev–Trinajstić information content (AvgIpc) is 3.28. The van der Waals surface area contributed by atoms with Crippen molar-refractivity contribution in [1.29, 1.82) is 0 Å². The van der Waals surface area contributed by atoms with Crippen LogP contribution in [0.1, 0.15) is 44.6 Å². The number of benzene rings is 1. The predicted octanol–water partition coefficient (Wildman–Crippen LogP) is 2.94. The van der Waals surface area contributed by atoms with Gasteiger partial charge in [-0.1, -0.05) is 25.0 Å². The molecule has 0 bridgehead atoms. The number of aliphatic imine (C=N–C) groups is 1. The third-order valence-corrected chi connectivity index (χ3v) is 5.33. The van der Waals surface area contributed by atoms with E-state index in [1.807, 2.05) is 12.1 Å². The molecule has 1 heterocycles. The van der Waals surface area contributed by atoms with Gasteiger partial charge in [-0.3, -0.25) is 9.89 Å². The van der Waals surface area contributed by atoms with Gasteiger partial charge < -0.3 is 10.6 Å². The quantitative estimate of drug-likeness (QED) is 0.614. The number of guanidine groups is 1. The molecule has 5 heteroatoms. The Hall–Kier alpha value is -1.62. The number of nitrogens with one attached hydrogen (secondary N) is 2. The lowest BCUT2D eigenvalue weighted by molar-refractivity contribution is 0.242. The van der Waals surface area contributed by atoms with Crippen LogP contribution in [0.3, 0.4) is 0 Å². The molecule has 138 valence electrons. The standard InChI is InChI=1S/C20H31FN4/c1-2-22-20(23-13-11-16-7-9-17(21)10-8-16)24-18-12-14-25(15-18)19-5-3-4-6-19/h7-10,18-19H,2-6,11-15H2,1H3,(H2,22,23,24). The minimum absolute atomic E-state index is 0.185. The molecule has 0 amide bonds. The zero-order valence-electron chi connectivity index (χ0n) is 15.3. The van der Waals surface area contributed by atoms with Gasteiger partial charge in [0.1, 0.15) is 5.82 Å². The van der Waals surface area contributed by atoms with E-state index in [1.54, 1.807) is 0 Å². The molecule has 3 rings (SSSR count). The van der Waals surface area contributed by atoms with Crippen molar-refractivity contribution >= 4 is 5.96 Å². The summed E-state index contributed by atoms with van der Waals surface area (Å²) in [4.78, 5) is 7.36. The van der Waals surface area contributed by atoms with E-state index in [0.717, 1.165) is 37.1 Å². The molecule has 0 aromatic heterocycles. The van der Waals surface area contributed by atoms with Gasteiger partial charge in [0.25, 0.3) is 0 Å². The van der Waals surface area contributed by atoms with Gasteiger partial charge >= 0.3 is 0 Å². The van der Waals surface area contributed by atoms with E-state index in [-0.39, 0.29) is 5.82 Å². The van der Waals surface area contributed by atoms with Crippen LogP contribution >= 0.6 is 0 Å². The Kier molecular flexibility index (Phi) is 6.68. The highest BCUT2D eigenvalue weighted by molar-refractivity contribution is 5.80. The molecule has 4 nitrogen and oxygen atoms in total. The molecule has 2 fully saturated rings. The summed E-state index contributed by atoms with van der Waals surface area (Å²) in [5.41, 5.74) is 1.12. The molecule has 1 saturated carbocycles. The lowest BCUT2D eigenvalue weighted by Gasteiger charge is -2.24. The summed E-state index contributed by atoms with van der Waals surface area (Å²) >= 11 is 0. The molecule has 2 N–H and O–H groups in total. The van der Waals surface area contributed by atoms with Crippen LogP contribution in [0.2, 0.25) is 0 Å². The fraction of sp³-hybridized carbons (Fsp3) is 0.650. The van der Waals surface area contributed by atoms with Gasteiger partial charge in [-0.25, -0.2) is 4.39 Å². The van der Waals surface area contributed by atoms with Crippen molar-refractivity contribution in [3.8, 4) is 0 Å². The maximum atomic E-state index is 13.0. The van der Waals surface area contributed by atoms with Gasteiger partial charge in [-0.15, -0.1) is 0 Å². The third kappa shape index (κ3) is 5.43. The van der Waals surface area contributed by atoms with E-state index < -0.39 is 0 Å². The molecule has 0 spiro atoms. The molecule has 1 aliphatic heterocycles. The van der Waals surface area contributed by atoms with Gasteiger partial charge in [0.05, 0.1) is 0 Å². The fourth-order valence-electron chi connectivity index (χ4n) is 3.97. The molecule has 1 atom stereocenters. The summed E-state index contributed by atoms with van der Waals surface area (Å²) in [5, 5.41) is 6.95. The van der Waals surface area contributed by atoms with E-state index in [9.17, 15) is 4.39 Å². The minimum atomic E-state index is -0.185. The Labute approximate surface area is 150 Å². The number of nitrogens with zero attached hydrogens (tertiary/aromatic N) is 2. The third-order valence-electron chi connectivity index (χ3n) is 5.33. The Morgan fingerprint density at radius 2 is 1.96 bits per heavy atom. The second kappa shape index (κ2) is 9.18. The van der Waals surface area contributed by atoms with Gasteiger partial charge in [-0.2, -0.15) is 0 Å². The number of rotatable bonds is 6. The molecule has 1 unspecified atom stereocenters. The SMILES string of the molecule is CCNC(=NCCc1ccc(F)cc1)NC1CCN(C2CCCC2)C1. The fourth-order valence-corrected chi connectivity index (χ4v) is 3.97. The first kappa shape index (κ1) is 18.2. The normalized spacial score (nSPS) is 22.5. The molecule has 1 aromatic carbocycles. The summed E-state index contributed by atoms with van der Waals surface area (Å²) in [6.45, 7) is 6.00. The van der Waals surface area contributed by atoms with Crippen LogP contribution < -0.4 is 10.6 Å². The monoisotopic (exact) mass is 346 g/mol. The minimum Gasteiger partial charge on any atom is -0.357 e. The number of hydrogen-bond donors (Lipinski definition) is 2. The summed E-state index contributed by atoms with van der Waals surface area (Å²) in [6, 6.07) is 8.00. The van der Waals surface area contributed by atoms with Crippen LogP contribution in [0.5, 0.6) is 0 Å². The Morgan fingerprint density at radius 1 is 1.20 bits per heavy atom. The molecular formula is C20H31FN4. The highest BCUT2D eigenvalue weighted by atomic mass is 19.1. The van der Waals surface area contributed by atoms with Crippen LogP contribution in [0, 0.1) is 5.82 Å². The molecule has 25 heavy (non-hydrogen) atoms. The van der Waals surface area contributed by atoms with Gasteiger partial charge in [0.2, 0.25) is 0 Å². The Balaban J connectivity index is 1.47. The van der Waals surface area contributed by atoms with Gasteiger partial charge in [0, 0.05) is 38.3 Å². The van der Waals surface area contributed by atoms with E-state index in [2.05, 4.69) is 22.5 Å². The average molecular weight is 346 g/mol. The summed E-state index contributed by atoms with van der Waals surface area (Å²) in [7, 11) is 0. The molecule has 1 aromatic rings. The van der Waals surface area contributed by atoms with Crippen molar-refractivity contribution in [3.05, 3.63) is 35.6 Å². The summed E-state index contributed by atoms with van der Waals surface area (Å²) in [5.74, 6) is 0.721. The van der Waals surface area contributed by atoms with Crippen molar-refractivity contribution in [3.63, 3.8) is 0 Å². The number of likely N-dealkylation sites (tertiary alicyclic amines) is 1. The van der Waals surface area contributed by atoms with Gasteiger partial charge in [-0.05, 0) is 50.3 Å². The highest BCUT2D eigenvalue weighted by Gasteiger charge is 2.30. The number of halogens is 1. The number of hydrogen-bond acceptors (Lipinski definition) is 2. The summed E-state index contributed by atoms with van der Waals surface area (Å²) < 4.78 is 13.0. The van der Waals surface area contributed by atoms with E-state index in [0.29, 0.717) is 12.6 Å². The molecule has 0 radical (unpaired) electrons.